The van der Waals surface area contributed by atoms with Crippen molar-refractivity contribution in [2.45, 2.75) is 26.5 Å². The van der Waals surface area contributed by atoms with E-state index in [0.717, 1.165) is 17.0 Å². The Hall–Kier alpha value is -1.87. The second-order valence-electron chi connectivity index (χ2n) is 5.02. The molecule has 0 aliphatic rings. The van der Waals surface area contributed by atoms with Crippen molar-refractivity contribution in [2.75, 3.05) is 12.4 Å². The monoisotopic (exact) mass is 305 g/mol. The molecule has 0 bridgehead atoms. The molecule has 0 unspecified atom stereocenters. The molecule has 0 aliphatic heterocycles. The van der Waals surface area contributed by atoms with Crippen LogP contribution >= 0.6 is 11.6 Å². The zero-order chi connectivity index (χ0) is 15.2. The Kier molecular flexibility index (Phi) is 5.34. The maximum Gasteiger partial charge on any atom is 0.138 e. The molecule has 21 heavy (non-hydrogen) atoms. The Bertz CT molecular complexity index is 599. The van der Waals surface area contributed by atoms with E-state index in [2.05, 4.69) is 5.32 Å². The Morgan fingerprint density at radius 2 is 1.95 bits per heavy atom. The van der Waals surface area contributed by atoms with Gasteiger partial charge in [0.05, 0.1) is 18.2 Å². The number of anilines is 1. The third kappa shape index (κ3) is 4.57. The van der Waals surface area contributed by atoms with E-state index in [1.54, 1.807) is 7.11 Å². The van der Waals surface area contributed by atoms with E-state index in [-0.39, 0.29) is 6.10 Å². The molecular formula is C17H20ClNO2. The van der Waals surface area contributed by atoms with Gasteiger partial charge in [-0.1, -0.05) is 23.7 Å². The van der Waals surface area contributed by atoms with Crippen LogP contribution in [0.2, 0.25) is 5.02 Å². The second-order valence-corrected chi connectivity index (χ2v) is 5.42. The molecule has 0 saturated heterocycles. The first kappa shape index (κ1) is 15.5. The third-order valence-electron chi connectivity index (χ3n) is 2.93. The lowest BCUT2D eigenvalue weighted by atomic mass is 10.2. The lowest BCUT2D eigenvalue weighted by Gasteiger charge is -2.13. The van der Waals surface area contributed by atoms with Gasteiger partial charge in [0.1, 0.15) is 11.5 Å². The van der Waals surface area contributed by atoms with Crippen molar-refractivity contribution >= 4 is 17.3 Å². The van der Waals surface area contributed by atoms with Gasteiger partial charge in [0, 0.05) is 12.2 Å². The molecule has 0 aliphatic carbocycles. The highest BCUT2D eigenvalue weighted by molar-refractivity contribution is 6.32. The molecule has 4 heteroatoms. The van der Waals surface area contributed by atoms with Gasteiger partial charge >= 0.3 is 0 Å². The van der Waals surface area contributed by atoms with Crippen LogP contribution in [-0.2, 0) is 6.54 Å². The highest BCUT2D eigenvalue weighted by atomic mass is 35.5. The van der Waals surface area contributed by atoms with Crippen LogP contribution < -0.4 is 14.8 Å². The molecule has 0 fully saturated rings. The van der Waals surface area contributed by atoms with Crippen molar-refractivity contribution in [2.24, 2.45) is 0 Å². The van der Waals surface area contributed by atoms with Gasteiger partial charge in [-0.05, 0) is 49.7 Å². The quantitative estimate of drug-likeness (QED) is 0.835. The van der Waals surface area contributed by atoms with Gasteiger partial charge in [0.25, 0.3) is 0 Å². The molecule has 2 rings (SSSR count). The Morgan fingerprint density at radius 1 is 1.14 bits per heavy atom. The number of nitrogens with one attached hydrogen (secondary N) is 1. The van der Waals surface area contributed by atoms with Gasteiger partial charge in [-0.25, -0.2) is 0 Å². The highest BCUT2D eigenvalue weighted by Gasteiger charge is 2.05. The van der Waals surface area contributed by atoms with E-state index in [1.807, 2.05) is 56.3 Å². The first-order valence-electron chi connectivity index (χ1n) is 6.91. The molecule has 0 saturated carbocycles. The molecule has 112 valence electrons. The zero-order valence-electron chi connectivity index (χ0n) is 12.5. The standard InChI is InChI=1S/C17H20ClNO2/c1-12(2)21-17-8-7-14(10-16(17)18)19-11-13-5-4-6-15(9-13)20-3/h4-10,12,19H,11H2,1-3H3. The molecule has 0 atom stereocenters. The van der Waals surface area contributed by atoms with Crippen molar-refractivity contribution in [1.29, 1.82) is 0 Å². The smallest absolute Gasteiger partial charge is 0.138 e. The van der Waals surface area contributed by atoms with E-state index >= 15 is 0 Å². The van der Waals surface area contributed by atoms with E-state index in [9.17, 15) is 0 Å². The fraction of sp³-hybridized carbons (Fsp3) is 0.294. The molecular weight excluding hydrogens is 286 g/mol. The number of benzene rings is 2. The summed E-state index contributed by atoms with van der Waals surface area (Å²) in [6.07, 6.45) is 0.109. The summed E-state index contributed by atoms with van der Waals surface area (Å²) < 4.78 is 10.8. The second kappa shape index (κ2) is 7.23. The van der Waals surface area contributed by atoms with Crippen molar-refractivity contribution in [3.63, 3.8) is 0 Å². The summed E-state index contributed by atoms with van der Waals surface area (Å²) in [6.45, 7) is 4.66. The number of methoxy groups -OCH3 is 1. The maximum absolute atomic E-state index is 6.22. The summed E-state index contributed by atoms with van der Waals surface area (Å²) >= 11 is 6.22. The first-order valence-corrected chi connectivity index (χ1v) is 7.29. The van der Waals surface area contributed by atoms with Crippen LogP contribution in [0.25, 0.3) is 0 Å². The van der Waals surface area contributed by atoms with Crippen molar-refractivity contribution < 1.29 is 9.47 Å². The summed E-state index contributed by atoms with van der Waals surface area (Å²) in [5.74, 6) is 1.56. The third-order valence-corrected chi connectivity index (χ3v) is 3.22. The van der Waals surface area contributed by atoms with Gasteiger partial charge in [0.2, 0.25) is 0 Å². The number of hydrogen-bond donors (Lipinski definition) is 1. The summed E-state index contributed by atoms with van der Waals surface area (Å²) in [5.41, 5.74) is 2.10. The first-order chi connectivity index (χ1) is 10.1. The lowest BCUT2D eigenvalue weighted by Crippen LogP contribution is -2.06. The van der Waals surface area contributed by atoms with Crippen LogP contribution in [0, 0.1) is 0 Å². The minimum Gasteiger partial charge on any atom is -0.497 e. The van der Waals surface area contributed by atoms with E-state index in [1.165, 1.54) is 0 Å². The van der Waals surface area contributed by atoms with Crippen LogP contribution in [0.1, 0.15) is 19.4 Å². The highest BCUT2D eigenvalue weighted by Crippen LogP contribution is 2.28. The average Bonchev–Trinajstić information content (AvgIpc) is 2.47. The number of rotatable bonds is 6. The topological polar surface area (TPSA) is 30.5 Å². The normalized spacial score (nSPS) is 10.5. The predicted molar refractivity (Wildman–Crippen MR) is 87.5 cm³/mol. The van der Waals surface area contributed by atoms with Gasteiger partial charge in [0.15, 0.2) is 0 Å². The Balaban J connectivity index is 2.01. The predicted octanol–water partition coefficient (Wildman–Crippen LogP) is 4.75. The van der Waals surface area contributed by atoms with Gasteiger partial charge in [-0.3, -0.25) is 0 Å². The van der Waals surface area contributed by atoms with Gasteiger partial charge in [-0.2, -0.15) is 0 Å². The van der Waals surface area contributed by atoms with Crippen LogP contribution in [0.5, 0.6) is 11.5 Å². The molecule has 0 heterocycles. The van der Waals surface area contributed by atoms with Crippen LogP contribution in [0.4, 0.5) is 5.69 Å². The molecule has 0 aromatic heterocycles. The Morgan fingerprint density at radius 3 is 2.62 bits per heavy atom. The Labute approximate surface area is 130 Å². The fourth-order valence-corrected chi connectivity index (χ4v) is 2.17. The summed E-state index contributed by atoms with van der Waals surface area (Å²) in [4.78, 5) is 0. The van der Waals surface area contributed by atoms with Crippen LogP contribution in [0.15, 0.2) is 42.5 Å². The van der Waals surface area contributed by atoms with Crippen LogP contribution in [0.3, 0.4) is 0 Å². The molecule has 3 nitrogen and oxygen atoms in total. The largest absolute Gasteiger partial charge is 0.497 e. The summed E-state index contributed by atoms with van der Waals surface area (Å²) in [6, 6.07) is 13.7. The van der Waals surface area contributed by atoms with E-state index in [0.29, 0.717) is 17.3 Å². The molecule has 2 aromatic rings. The fourth-order valence-electron chi connectivity index (χ4n) is 1.95. The van der Waals surface area contributed by atoms with E-state index in [4.69, 9.17) is 21.1 Å². The minimum absolute atomic E-state index is 0.109. The maximum atomic E-state index is 6.22. The zero-order valence-corrected chi connectivity index (χ0v) is 13.3. The summed E-state index contributed by atoms with van der Waals surface area (Å²) in [7, 11) is 1.67. The number of halogens is 1. The van der Waals surface area contributed by atoms with E-state index < -0.39 is 0 Å². The van der Waals surface area contributed by atoms with Crippen molar-refractivity contribution in [3.05, 3.63) is 53.1 Å². The van der Waals surface area contributed by atoms with Gasteiger partial charge in [-0.15, -0.1) is 0 Å². The number of ether oxygens (including phenoxy) is 2. The van der Waals surface area contributed by atoms with Crippen LogP contribution in [-0.4, -0.2) is 13.2 Å². The van der Waals surface area contributed by atoms with Crippen molar-refractivity contribution in [3.8, 4) is 11.5 Å². The van der Waals surface area contributed by atoms with Crippen molar-refractivity contribution in [1.82, 2.24) is 0 Å². The van der Waals surface area contributed by atoms with Gasteiger partial charge < -0.3 is 14.8 Å². The summed E-state index contributed by atoms with van der Waals surface area (Å²) in [5, 5.41) is 3.95. The molecule has 0 spiro atoms. The number of hydrogen-bond acceptors (Lipinski definition) is 3. The molecule has 0 radical (unpaired) electrons. The molecule has 0 amide bonds. The SMILES string of the molecule is COc1cccc(CNc2ccc(OC(C)C)c(Cl)c2)c1. The minimum atomic E-state index is 0.109. The molecule has 2 aromatic carbocycles. The molecule has 1 N–H and O–H groups in total. The lowest BCUT2D eigenvalue weighted by molar-refractivity contribution is 0.242. The average molecular weight is 306 g/mol.